The fourth-order valence-electron chi connectivity index (χ4n) is 1.76. The molecule has 1 aromatic heterocycles. The first kappa shape index (κ1) is 14.2. The highest BCUT2D eigenvalue weighted by atomic mass is 15.3. The van der Waals surface area contributed by atoms with Gasteiger partial charge in [0.1, 0.15) is 0 Å². The van der Waals surface area contributed by atoms with Crippen molar-refractivity contribution < 1.29 is 0 Å². The summed E-state index contributed by atoms with van der Waals surface area (Å²) in [6.07, 6.45) is 1.64. The summed E-state index contributed by atoms with van der Waals surface area (Å²) in [4.78, 5) is 4.39. The molecule has 0 saturated carbocycles. The quantitative estimate of drug-likeness (QED) is 0.846. The number of hydrogen-bond acceptors (Lipinski definition) is 5. The van der Waals surface area contributed by atoms with Gasteiger partial charge in [-0.1, -0.05) is 38.1 Å². The zero-order chi connectivity index (χ0) is 14.4. The minimum Gasteiger partial charge on any atom is -0.368 e. The lowest BCUT2D eigenvalue weighted by Gasteiger charge is -2.10. The summed E-state index contributed by atoms with van der Waals surface area (Å²) < 4.78 is 0. The van der Waals surface area contributed by atoms with Crippen LogP contribution in [0.15, 0.2) is 30.5 Å². The van der Waals surface area contributed by atoms with Gasteiger partial charge in [-0.05, 0) is 24.0 Å². The zero-order valence-electron chi connectivity index (χ0n) is 12.2. The van der Waals surface area contributed by atoms with E-state index >= 15 is 0 Å². The molecule has 0 fully saturated rings. The molecule has 0 radical (unpaired) electrons. The van der Waals surface area contributed by atoms with Crippen LogP contribution in [-0.2, 0) is 6.54 Å². The molecule has 0 bridgehead atoms. The van der Waals surface area contributed by atoms with Crippen LogP contribution < -0.4 is 10.6 Å². The van der Waals surface area contributed by atoms with Crippen molar-refractivity contribution in [3.05, 3.63) is 41.6 Å². The predicted octanol–water partition coefficient (Wildman–Crippen LogP) is 2.86. The zero-order valence-corrected chi connectivity index (χ0v) is 12.2. The largest absolute Gasteiger partial charge is 0.368 e. The van der Waals surface area contributed by atoms with Crippen molar-refractivity contribution in [1.29, 1.82) is 0 Å². The number of aromatic nitrogens is 3. The van der Waals surface area contributed by atoms with Crippen molar-refractivity contribution in [1.82, 2.24) is 15.2 Å². The summed E-state index contributed by atoms with van der Waals surface area (Å²) >= 11 is 0. The van der Waals surface area contributed by atoms with Crippen molar-refractivity contribution >= 4 is 11.8 Å². The number of nitrogens with one attached hydrogen (secondary N) is 2. The van der Waals surface area contributed by atoms with E-state index < -0.39 is 0 Å². The molecular formula is C15H21N5. The van der Waals surface area contributed by atoms with Crippen LogP contribution in [-0.4, -0.2) is 21.7 Å². The van der Waals surface area contributed by atoms with E-state index in [-0.39, 0.29) is 0 Å². The van der Waals surface area contributed by atoms with E-state index in [1.54, 1.807) is 6.20 Å². The highest BCUT2D eigenvalue weighted by Crippen LogP contribution is 2.10. The van der Waals surface area contributed by atoms with Gasteiger partial charge in [0.15, 0.2) is 5.82 Å². The number of hydrogen-bond donors (Lipinski definition) is 2. The molecular weight excluding hydrogens is 250 g/mol. The molecule has 0 aliphatic carbocycles. The first-order chi connectivity index (χ1) is 9.65. The minimum absolute atomic E-state index is 0.544. The van der Waals surface area contributed by atoms with Crippen LogP contribution in [0.2, 0.25) is 0 Å². The van der Waals surface area contributed by atoms with Gasteiger partial charge in [-0.3, -0.25) is 0 Å². The average Bonchev–Trinajstić information content (AvgIpc) is 2.45. The molecule has 1 heterocycles. The normalized spacial score (nSPS) is 10.6. The lowest BCUT2D eigenvalue weighted by Crippen LogP contribution is -2.12. The van der Waals surface area contributed by atoms with Gasteiger partial charge in [0.05, 0.1) is 6.20 Å². The molecule has 5 nitrogen and oxygen atoms in total. The lowest BCUT2D eigenvalue weighted by atomic mass is 10.1. The molecule has 5 heteroatoms. The van der Waals surface area contributed by atoms with Crippen LogP contribution in [0.4, 0.5) is 11.8 Å². The van der Waals surface area contributed by atoms with Crippen molar-refractivity contribution in [2.45, 2.75) is 27.3 Å². The number of rotatable bonds is 6. The highest BCUT2D eigenvalue weighted by molar-refractivity contribution is 5.38. The Kier molecular flexibility index (Phi) is 4.87. The van der Waals surface area contributed by atoms with Crippen molar-refractivity contribution in [3.63, 3.8) is 0 Å². The van der Waals surface area contributed by atoms with Crippen molar-refractivity contribution in [3.8, 4) is 0 Å². The topological polar surface area (TPSA) is 62.7 Å². The second-order valence-corrected chi connectivity index (χ2v) is 5.22. The molecule has 0 spiro atoms. The smallest absolute Gasteiger partial charge is 0.244 e. The molecule has 2 aromatic rings. The summed E-state index contributed by atoms with van der Waals surface area (Å²) in [5.74, 6) is 1.86. The maximum atomic E-state index is 4.39. The Labute approximate surface area is 119 Å². The maximum absolute atomic E-state index is 4.39. The SMILES string of the molecule is Cc1ccccc1CNc1nncc(NCC(C)C)n1. The molecule has 0 amide bonds. The molecule has 1 aromatic carbocycles. The lowest BCUT2D eigenvalue weighted by molar-refractivity contribution is 0.686. The van der Waals surface area contributed by atoms with Gasteiger partial charge in [-0.15, -0.1) is 5.10 Å². The second kappa shape index (κ2) is 6.84. The van der Waals surface area contributed by atoms with Crippen molar-refractivity contribution in [2.75, 3.05) is 17.2 Å². The predicted molar refractivity (Wildman–Crippen MR) is 81.7 cm³/mol. The van der Waals surface area contributed by atoms with Gasteiger partial charge >= 0.3 is 0 Å². The molecule has 0 atom stereocenters. The van der Waals surface area contributed by atoms with Crippen LogP contribution in [0.25, 0.3) is 0 Å². The second-order valence-electron chi connectivity index (χ2n) is 5.22. The number of anilines is 2. The van der Waals surface area contributed by atoms with Crippen molar-refractivity contribution in [2.24, 2.45) is 5.92 Å². The third-order valence-electron chi connectivity index (χ3n) is 2.95. The maximum Gasteiger partial charge on any atom is 0.244 e. The summed E-state index contributed by atoms with van der Waals surface area (Å²) in [5.41, 5.74) is 2.48. The van der Waals surface area contributed by atoms with Gasteiger partial charge < -0.3 is 10.6 Å². The molecule has 2 N–H and O–H groups in total. The van der Waals surface area contributed by atoms with Gasteiger partial charge in [0, 0.05) is 13.1 Å². The summed E-state index contributed by atoms with van der Waals surface area (Å²) in [5, 5.41) is 14.4. The highest BCUT2D eigenvalue weighted by Gasteiger charge is 2.02. The number of aryl methyl sites for hydroxylation is 1. The number of benzene rings is 1. The van der Waals surface area contributed by atoms with Gasteiger partial charge in [0.2, 0.25) is 5.95 Å². The first-order valence-electron chi connectivity index (χ1n) is 6.87. The van der Waals surface area contributed by atoms with Crippen LogP contribution in [0, 0.1) is 12.8 Å². The fourth-order valence-corrected chi connectivity index (χ4v) is 1.76. The average molecular weight is 271 g/mol. The molecule has 2 rings (SSSR count). The van der Waals surface area contributed by atoms with Gasteiger partial charge in [-0.25, -0.2) is 0 Å². The molecule has 0 aliphatic rings. The summed E-state index contributed by atoms with van der Waals surface area (Å²) in [7, 11) is 0. The molecule has 0 unspecified atom stereocenters. The van der Waals surface area contributed by atoms with E-state index in [0.717, 1.165) is 12.4 Å². The Morgan fingerprint density at radius 2 is 1.95 bits per heavy atom. The van der Waals surface area contributed by atoms with E-state index in [1.165, 1.54) is 11.1 Å². The van der Waals surface area contributed by atoms with E-state index in [9.17, 15) is 0 Å². The Morgan fingerprint density at radius 1 is 1.15 bits per heavy atom. The number of nitrogens with zero attached hydrogens (tertiary/aromatic N) is 3. The Bertz CT molecular complexity index is 553. The molecule has 0 saturated heterocycles. The monoisotopic (exact) mass is 271 g/mol. The summed E-state index contributed by atoms with van der Waals surface area (Å²) in [6, 6.07) is 8.25. The van der Waals surface area contributed by atoms with E-state index in [1.807, 2.05) is 12.1 Å². The van der Waals surface area contributed by atoms with Gasteiger partial charge in [0.25, 0.3) is 0 Å². The minimum atomic E-state index is 0.544. The molecule has 0 aliphatic heterocycles. The first-order valence-corrected chi connectivity index (χ1v) is 6.87. The van der Waals surface area contributed by atoms with Gasteiger partial charge in [-0.2, -0.15) is 10.1 Å². The summed E-state index contributed by atoms with van der Waals surface area (Å²) in [6.45, 7) is 7.96. The third-order valence-corrected chi connectivity index (χ3v) is 2.95. The third kappa shape index (κ3) is 4.19. The van der Waals surface area contributed by atoms with Crippen LogP contribution in [0.1, 0.15) is 25.0 Å². The molecule has 20 heavy (non-hydrogen) atoms. The van der Waals surface area contributed by atoms with E-state index in [0.29, 0.717) is 18.4 Å². The standard InChI is InChI=1S/C15H21N5/c1-11(2)8-16-14-10-18-20-15(19-14)17-9-13-7-5-4-6-12(13)3/h4-7,10-11H,8-9H2,1-3H3,(H2,16,17,19,20). The Morgan fingerprint density at radius 3 is 2.70 bits per heavy atom. The van der Waals surface area contributed by atoms with E-state index in [2.05, 4.69) is 58.7 Å². The fraction of sp³-hybridized carbons (Fsp3) is 0.400. The Balaban J connectivity index is 1.96. The van der Waals surface area contributed by atoms with E-state index in [4.69, 9.17) is 0 Å². The van der Waals surface area contributed by atoms with Crippen LogP contribution in [0.3, 0.4) is 0 Å². The van der Waals surface area contributed by atoms with Crippen LogP contribution in [0.5, 0.6) is 0 Å². The van der Waals surface area contributed by atoms with Crippen LogP contribution >= 0.6 is 0 Å². The Hall–Kier alpha value is -2.17. The molecule has 106 valence electrons.